The third-order valence-corrected chi connectivity index (χ3v) is 13.5. The lowest BCUT2D eigenvalue weighted by Crippen LogP contribution is -2.58. The summed E-state index contributed by atoms with van der Waals surface area (Å²) in [7, 11) is -3.90. The van der Waals surface area contributed by atoms with Crippen molar-refractivity contribution in [1.29, 1.82) is 0 Å². The van der Waals surface area contributed by atoms with Gasteiger partial charge < -0.3 is 25.0 Å². The molecule has 4 amide bonds. The summed E-state index contributed by atoms with van der Waals surface area (Å²) in [6, 6.07) is 7.28. The topological polar surface area (TPSA) is 186 Å². The van der Waals surface area contributed by atoms with Crippen molar-refractivity contribution in [2.24, 2.45) is 5.92 Å². The predicted molar refractivity (Wildman–Crippen MR) is 217 cm³/mol. The number of carbonyl (C=O) groups is 4. The van der Waals surface area contributed by atoms with Gasteiger partial charge in [0, 0.05) is 17.2 Å². The number of benzene rings is 1. The van der Waals surface area contributed by atoms with Crippen LogP contribution in [0.3, 0.4) is 0 Å². The van der Waals surface area contributed by atoms with E-state index in [-0.39, 0.29) is 25.3 Å². The van der Waals surface area contributed by atoms with Gasteiger partial charge in [0.2, 0.25) is 27.7 Å². The molecule has 0 spiro atoms. The third kappa shape index (κ3) is 9.49. The highest BCUT2D eigenvalue weighted by Crippen LogP contribution is 2.46. The van der Waals surface area contributed by atoms with E-state index in [4.69, 9.17) is 19.4 Å². The number of ether oxygens (including phenoxy) is 2. The number of carbonyl (C=O) groups excluding carboxylic acids is 4. The van der Waals surface area contributed by atoms with Crippen LogP contribution in [-0.4, -0.2) is 88.2 Å². The fraction of sp³-hybridized carbons (Fsp3) is 0.512. The fourth-order valence-corrected chi connectivity index (χ4v) is 9.54. The average Bonchev–Trinajstić information content (AvgIpc) is 4.04. The van der Waals surface area contributed by atoms with Crippen molar-refractivity contribution in [3.63, 3.8) is 0 Å². The van der Waals surface area contributed by atoms with Gasteiger partial charge in [0.05, 0.1) is 22.8 Å². The maximum atomic E-state index is 14.6. The number of fused-ring (bicyclic) bond motifs is 3. The Bertz CT molecular complexity index is 2210. The number of aromatic nitrogens is 2. The number of alkyl carbamates (subject to hydrolysis) is 1. The van der Waals surface area contributed by atoms with Gasteiger partial charge in [0.1, 0.15) is 35.0 Å². The van der Waals surface area contributed by atoms with Crippen molar-refractivity contribution in [1.82, 2.24) is 30.2 Å². The van der Waals surface area contributed by atoms with E-state index in [0.717, 1.165) is 23.3 Å². The zero-order valence-electron chi connectivity index (χ0n) is 32.7. The Morgan fingerprint density at radius 2 is 1.79 bits per heavy atom. The molecule has 2 aromatic heterocycles. The quantitative estimate of drug-likeness (QED) is 0.248. The van der Waals surface area contributed by atoms with Gasteiger partial charge in [0.25, 0.3) is 5.91 Å². The molecule has 1 saturated heterocycles. The molecule has 14 nitrogen and oxygen atoms in total. The summed E-state index contributed by atoms with van der Waals surface area (Å²) >= 11 is 1.59. The summed E-state index contributed by atoms with van der Waals surface area (Å²) in [6.07, 6.45) is 10.4. The van der Waals surface area contributed by atoms with Gasteiger partial charge in [-0.25, -0.2) is 23.2 Å². The van der Waals surface area contributed by atoms with Crippen LogP contribution >= 0.6 is 11.3 Å². The van der Waals surface area contributed by atoms with E-state index < -0.39 is 74.3 Å². The highest BCUT2D eigenvalue weighted by atomic mass is 32.2. The van der Waals surface area contributed by atoms with Gasteiger partial charge in [-0.3, -0.25) is 19.1 Å². The number of hydrogen-bond donors (Lipinski definition) is 3. The molecule has 304 valence electrons. The van der Waals surface area contributed by atoms with Gasteiger partial charge in [0.15, 0.2) is 0 Å². The van der Waals surface area contributed by atoms with Crippen LogP contribution in [0.25, 0.3) is 23.2 Å². The number of sulfonamides is 1. The van der Waals surface area contributed by atoms with E-state index in [2.05, 4.69) is 15.4 Å². The second kappa shape index (κ2) is 16.2. The summed E-state index contributed by atoms with van der Waals surface area (Å²) in [5.41, 5.74) is 0.508. The monoisotopic (exact) mass is 818 g/mol. The third-order valence-electron chi connectivity index (χ3n) is 10.7. The molecule has 5 atom stereocenters. The van der Waals surface area contributed by atoms with Crippen molar-refractivity contribution in [2.45, 2.75) is 120 Å². The molecule has 2 saturated carbocycles. The molecule has 2 aliphatic carbocycles. The van der Waals surface area contributed by atoms with E-state index in [1.165, 1.54) is 4.90 Å². The van der Waals surface area contributed by atoms with Gasteiger partial charge in [-0.2, -0.15) is 0 Å². The van der Waals surface area contributed by atoms with Crippen molar-refractivity contribution < 1.29 is 37.1 Å². The highest BCUT2D eigenvalue weighted by molar-refractivity contribution is 7.91. The minimum absolute atomic E-state index is 0.0248. The van der Waals surface area contributed by atoms with Crippen LogP contribution in [0.1, 0.15) is 94.7 Å². The summed E-state index contributed by atoms with van der Waals surface area (Å²) < 4.78 is 40.1. The number of rotatable bonds is 8. The van der Waals surface area contributed by atoms with Crippen LogP contribution in [-0.2, 0) is 29.1 Å². The number of amides is 4. The Balaban J connectivity index is 1.21. The fourth-order valence-electron chi connectivity index (χ4n) is 7.36. The summed E-state index contributed by atoms with van der Waals surface area (Å²) in [5, 5.41) is 7.02. The number of nitrogens with one attached hydrogen (secondary N) is 3. The molecular weight excluding hydrogens is 769 g/mol. The first-order valence-electron chi connectivity index (χ1n) is 19.6. The van der Waals surface area contributed by atoms with E-state index in [1.54, 1.807) is 32.1 Å². The van der Waals surface area contributed by atoms with Crippen molar-refractivity contribution in [2.75, 3.05) is 6.54 Å². The number of allylic oxidation sites excluding steroid dienone is 1. The molecule has 2 aliphatic heterocycles. The SMILES string of the molecule is Cc1ccsc1/C=C/c1nc2ccccc2nc1O[C@@H]1C[C@H]2C(=O)N[C@]3(C(=O)NS(=O)(=O)C4CC4)C[C@H]3/C=C\CCCCC[C@H](NC(=O)OC(C)(C)C)C(=O)N2C1. The first-order chi connectivity index (χ1) is 27.1. The second-order valence-corrected chi connectivity index (χ2v) is 19.3. The Labute approximate surface area is 336 Å². The summed E-state index contributed by atoms with van der Waals surface area (Å²) in [6.45, 7) is 7.17. The van der Waals surface area contributed by atoms with E-state index in [9.17, 15) is 27.6 Å². The van der Waals surface area contributed by atoms with E-state index in [0.29, 0.717) is 48.8 Å². The largest absolute Gasteiger partial charge is 0.471 e. The minimum atomic E-state index is -3.90. The van der Waals surface area contributed by atoms with Crippen LogP contribution in [0.5, 0.6) is 5.88 Å². The Morgan fingerprint density at radius 1 is 1.04 bits per heavy atom. The lowest BCUT2D eigenvalue weighted by molar-refractivity contribution is -0.141. The van der Waals surface area contributed by atoms with Crippen molar-refractivity contribution >= 4 is 68.4 Å². The van der Waals surface area contributed by atoms with Gasteiger partial charge in [-0.05, 0) is 108 Å². The smallest absolute Gasteiger partial charge is 0.408 e. The number of thiophene rings is 1. The average molecular weight is 819 g/mol. The maximum absolute atomic E-state index is 14.6. The summed E-state index contributed by atoms with van der Waals surface area (Å²) in [4.78, 5) is 68.0. The molecular formula is C41H50N6O8S2. The standard InChI is InChI=1S/C41H50N6O8S2/c1-25-20-21-56-34(25)19-18-31-36(43-30-14-11-10-13-29(30)42-31)54-27-22-33-35(48)45-41(38(50)46-57(52,53)28-16-17-28)23-26(41)12-8-6-5-7-9-15-32(37(49)47(33)24-27)44-39(51)55-40(2,3)4/h8,10-14,18-21,26-28,32-33H,5-7,9,15-17,22-24H2,1-4H3,(H,44,51)(H,45,48)(H,46,50)/b12-8-,19-18+/t26-,27-,32+,33+,41-/m1/s1. The number of para-hydroxylation sites is 2. The molecule has 0 radical (unpaired) electrons. The molecule has 3 aromatic rings. The molecule has 57 heavy (non-hydrogen) atoms. The van der Waals surface area contributed by atoms with Crippen LogP contribution in [0.4, 0.5) is 4.79 Å². The minimum Gasteiger partial charge on any atom is -0.471 e. The predicted octanol–water partition coefficient (Wildman–Crippen LogP) is 5.42. The number of nitrogens with zero attached hydrogens (tertiary/aromatic N) is 3. The van der Waals surface area contributed by atoms with Crippen LogP contribution in [0.2, 0.25) is 0 Å². The van der Waals surface area contributed by atoms with E-state index in [1.807, 2.05) is 66.9 Å². The van der Waals surface area contributed by atoms with Gasteiger partial charge in [-0.1, -0.05) is 37.1 Å². The van der Waals surface area contributed by atoms with Gasteiger partial charge >= 0.3 is 6.09 Å². The maximum Gasteiger partial charge on any atom is 0.408 e. The van der Waals surface area contributed by atoms with Crippen LogP contribution in [0, 0.1) is 12.8 Å². The highest BCUT2D eigenvalue weighted by Gasteiger charge is 2.62. The summed E-state index contributed by atoms with van der Waals surface area (Å²) in [5.74, 6) is -2.14. The first-order valence-corrected chi connectivity index (χ1v) is 22.0. The van der Waals surface area contributed by atoms with Crippen molar-refractivity contribution in [3.8, 4) is 5.88 Å². The first kappa shape index (κ1) is 40.4. The zero-order chi connectivity index (χ0) is 40.5. The molecule has 3 fully saturated rings. The molecule has 7 rings (SSSR count). The Kier molecular flexibility index (Phi) is 11.5. The lowest BCUT2D eigenvalue weighted by Gasteiger charge is -2.30. The van der Waals surface area contributed by atoms with Crippen LogP contribution in [0.15, 0.2) is 47.9 Å². The zero-order valence-corrected chi connectivity index (χ0v) is 34.3. The van der Waals surface area contributed by atoms with Crippen molar-refractivity contribution in [3.05, 3.63) is 64.0 Å². The lowest BCUT2D eigenvalue weighted by atomic mass is 10.0. The Hall–Kier alpha value is -4.83. The normalized spacial score (nSPS) is 26.4. The number of hydrogen-bond acceptors (Lipinski definition) is 11. The Morgan fingerprint density at radius 3 is 2.49 bits per heavy atom. The van der Waals surface area contributed by atoms with Gasteiger partial charge in [-0.15, -0.1) is 11.3 Å². The van der Waals surface area contributed by atoms with E-state index >= 15 is 0 Å². The molecule has 16 heteroatoms. The second-order valence-electron chi connectivity index (χ2n) is 16.4. The molecule has 1 aromatic carbocycles. The molecule has 0 bridgehead atoms. The molecule has 4 aliphatic rings. The number of aryl methyl sites for hydroxylation is 1. The molecule has 4 heterocycles. The molecule has 0 unspecified atom stereocenters. The molecule has 3 N–H and O–H groups in total. The van der Waals surface area contributed by atoms with Crippen LogP contribution < -0.4 is 20.1 Å².